The number of ether oxygens (including phenoxy) is 1. The van der Waals surface area contributed by atoms with Crippen LogP contribution in [0.3, 0.4) is 0 Å². The maximum Gasteiger partial charge on any atom is 0.490 e. The highest BCUT2D eigenvalue weighted by molar-refractivity contribution is 7.66. The fraction of sp³-hybridized carbons (Fsp3) is 0.545. The van der Waals surface area contributed by atoms with Crippen LogP contribution in [0.1, 0.15) is 0 Å². The van der Waals surface area contributed by atoms with Crippen LogP contribution in [-0.4, -0.2) is 70.4 Å². The smallest absolute Gasteiger partial charge is 0.387 e. The van der Waals surface area contributed by atoms with Crippen molar-refractivity contribution in [3.05, 3.63) is 33.1 Å². The van der Waals surface area contributed by atoms with E-state index in [4.69, 9.17) is 19.4 Å². The molecule has 2 rings (SSSR count). The Labute approximate surface area is 180 Å². The molecule has 22 heteroatoms. The van der Waals surface area contributed by atoms with Gasteiger partial charge in [0, 0.05) is 12.3 Å². The summed E-state index contributed by atoms with van der Waals surface area (Å²) in [5.41, 5.74) is -8.04. The lowest BCUT2D eigenvalue weighted by Crippen LogP contribution is -2.50. The van der Waals surface area contributed by atoms with Crippen LogP contribution in [-0.2, 0) is 37.3 Å². The molecular weight excluding hydrogens is 526 g/mol. The van der Waals surface area contributed by atoms with E-state index in [1.54, 1.807) is 4.98 Å². The Balaban J connectivity index is 2.36. The number of phosphoric ester groups is 1. The van der Waals surface area contributed by atoms with Gasteiger partial charge in [-0.2, -0.15) is 13.9 Å². The molecule has 18 nitrogen and oxygen atoms in total. The van der Waals surface area contributed by atoms with Crippen molar-refractivity contribution < 1.29 is 65.8 Å². The zero-order valence-corrected chi connectivity index (χ0v) is 18.4. The average Bonchev–Trinajstić information content (AvgIpc) is 2.86. The highest BCUT2D eigenvalue weighted by Gasteiger charge is 2.65. The van der Waals surface area contributed by atoms with Crippen molar-refractivity contribution >= 4 is 23.5 Å². The van der Waals surface area contributed by atoms with E-state index in [0.29, 0.717) is 12.3 Å². The minimum absolute atomic E-state index is 0.282. The molecule has 1 aromatic rings. The molecule has 186 valence electrons. The standard InChI is InChI=1S/C11H15FN3O15P3/c12-3-10(5-27-32(23,24)30-33(25,26)29-31(20,21)22)7(17)8(18)11(4-13,28-10)15-2-1-6(16)14-9(15)19/h1-2,7-8,17-18H,3,5H2,(H,23,24)(H,25,26)(H,14,16,19)(H2,20,21,22)/t7-,8+,10+,11+/m0/s1. The molecule has 2 heterocycles. The van der Waals surface area contributed by atoms with Gasteiger partial charge in [-0.3, -0.25) is 18.9 Å². The van der Waals surface area contributed by atoms with E-state index in [1.807, 2.05) is 0 Å². The number of hydrogen-bond acceptors (Lipinski definition) is 12. The number of aromatic amines is 1. The minimum atomic E-state index is -5.92. The van der Waals surface area contributed by atoms with Crippen molar-refractivity contribution in [2.75, 3.05) is 13.3 Å². The first-order valence-electron chi connectivity index (χ1n) is 8.07. The number of H-pyrrole nitrogens is 1. The topological polar surface area (TPSA) is 288 Å². The van der Waals surface area contributed by atoms with E-state index in [9.17, 15) is 48.0 Å². The van der Waals surface area contributed by atoms with E-state index in [-0.39, 0.29) is 4.57 Å². The first kappa shape index (κ1) is 27.6. The molecule has 0 bridgehead atoms. The van der Waals surface area contributed by atoms with Crippen molar-refractivity contribution in [3.8, 4) is 6.07 Å². The van der Waals surface area contributed by atoms with Gasteiger partial charge in [0.1, 0.15) is 25.0 Å². The molecule has 1 aromatic heterocycles. The lowest BCUT2D eigenvalue weighted by Gasteiger charge is -2.30. The quantitative estimate of drug-likeness (QED) is 0.159. The number of aliphatic hydroxyl groups is 2. The third-order valence-electron chi connectivity index (χ3n) is 4.05. The fourth-order valence-corrected chi connectivity index (χ4v) is 5.78. The van der Waals surface area contributed by atoms with E-state index in [1.165, 1.54) is 6.07 Å². The van der Waals surface area contributed by atoms with Gasteiger partial charge in [-0.1, -0.05) is 0 Å². The summed E-state index contributed by atoms with van der Waals surface area (Å²) in [4.78, 5) is 60.6. The monoisotopic (exact) mass is 541 g/mol. The van der Waals surface area contributed by atoms with Crippen LogP contribution in [0.4, 0.5) is 4.39 Å². The van der Waals surface area contributed by atoms with Crippen LogP contribution in [0.25, 0.3) is 0 Å². The summed E-state index contributed by atoms with van der Waals surface area (Å²) < 4.78 is 64.3. The number of halogens is 1. The Kier molecular flexibility index (Phi) is 7.71. The van der Waals surface area contributed by atoms with Crippen LogP contribution >= 0.6 is 23.5 Å². The normalized spacial score (nSPS) is 31.5. The van der Waals surface area contributed by atoms with Crippen LogP contribution in [0, 0.1) is 11.3 Å². The number of aromatic nitrogens is 2. The molecule has 0 radical (unpaired) electrons. The predicted octanol–water partition coefficient (Wildman–Crippen LogP) is -2.48. The van der Waals surface area contributed by atoms with E-state index in [2.05, 4.69) is 13.1 Å². The maximum absolute atomic E-state index is 13.9. The number of nitrogens with one attached hydrogen (secondary N) is 1. The Morgan fingerprint density at radius 1 is 1.15 bits per heavy atom. The second kappa shape index (κ2) is 9.21. The molecule has 33 heavy (non-hydrogen) atoms. The summed E-state index contributed by atoms with van der Waals surface area (Å²) in [6.07, 6.45) is -4.21. The Morgan fingerprint density at radius 2 is 1.76 bits per heavy atom. The summed E-state index contributed by atoms with van der Waals surface area (Å²) in [5, 5.41) is 30.1. The largest absolute Gasteiger partial charge is 0.490 e. The molecule has 1 aliphatic rings. The van der Waals surface area contributed by atoms with Gasteiger partial charge in [0.2, 0.25) is 0 Å². The van der Waals surface area contributed by atoms with Gasteiger partial charge >= 0.3 is 29.2 Å². The zero-order valence-electron chi connectivity index (χ0n) is 15.7. The van der Waals surface area contributed by atoms with Gasteiger partial charge in [-0.15, -0.1) is 0 Å². The summed E-state index contributed by atoms with van der Waals surface area (Å²) in [6.45, 7) is -3.45. The molecule has 1 fully saturated rings. The molecule has 0 aromatic carbocycles. The number of nitriles is 1. The summed E-state index contributed by atoms with van der Waals surface area (Å²) in [7, 11) is -17.4. The summed E-state index contributed by atoms with van der Waals surface area (Å²) >= 11 is 0. The van der Waals surface area contributed by atoms with Crippen molar-refractivity contribution in [3.63, 3.8) is 0 Å². The Morgan fingerprint density at radius 3 is 2.24 bits per heavy atom. The molecule has 0 saturated carbocycles. The van der Waals surface area contributed by atoms with Crippen molar-refractivity contribution in [2.45, 2.75) is 23.5 Å². The van der Waals surface area contributed by atoms with E-state index >= 15 is 0 Å². The van der Waals surface area contributed by atoms with E-state index < -0.39 is 71.5 Å². The van der Waals surface area contributed by atoms with Crippen LogP contribution in [0.2, 0.25) is 0 Å². The maximum atomic E-state index is 13.9. The lowest BCUT2D eigenvalue weighted by atomic mass is 9.95. The van der Waals surface area contributed by atoms with Gasteiger partial charge in [0.25, 0.3) is 11.3 Å². The average molecular weight is 541 g/mol. The Hall–Kier alpha value is -1.61. The molecule has 7 N–H and O–H groups in total. The second-order valence-electron chi connectivity index (χ2n) is 6.34. The third kappa shape index (κ3) is 5.91. The molecule has 2 unspecified atom stereocenters. The molecule has 6 atom stereocenters. The number of aliphatic hydroxyl groups excluding tert-OH is 2. The number of hydrogen-bond donors (Lipinski definition) is 7. The van der Waals surface area contributed by atoms with Crippen molar-refractivity contribution in [1.29, 1.82) is 5.26 Å². The first-order chi connectivity index (χ1) is 14.9. The zero-order chi connectivity index (χ0) is 25.5. The molecule has 0 aliphatic carbocycles. The van der Waals surface area contributed by atoms with Gasteiger partial charge in [0.05, 0.1) is 6.61 Å². The highest BCUT2D eigenvalue weighted by Crippen LogP contribution is 2.66. The second-order valence-corrected chi connectivity index (χ2v) is 10.8. The number of alkyl halides is 1. The number of nitrogens with zero attached hydrogens (tertiary/aromatic N) is 2. The highest BCUT2D eigenvalue weighted by atomic mass is 31.3. The fourth-order valence-electron chi connectivity index (χ4n) is 2.70. The predicted molar refractivity (Wildman–Crippen MR) is 96.5 cm³/mol. The molecule has 0 amide bonds. The molecular formula is C11H15FN3O15P3. The molecule has 1 saturated heterocycles. The first-order valence-corrected chi connectivity index (χ1v) is 12.6. The van der Waals surface area contributed by atoms with Gasteiger partial charge in [-0.05, 0) is 0 Å². The van der Waals surface area contributed by atoms with Crippen molar-refractivity contribution in [2.24, 2.45) is 0 Å². The third-order valence-corrected chi connectivity index (χ3v) is 7.84. The van der Waals surface area contributed by atoms with Gasteiger partial charge < -0.3 is 34.5 Å². The van der Waals surface area contributed by atoms with Gasteiger partial charge in [0.15, 0.2) is 5.60 Å². The number of rotatable bonds is 9. The van der Waals surface area contributed by atoms with Crippen LogP contribution in [0.5, 0.6) is 0 Å². The van der Waals surface area contributed by atoms with Crippen LogP contribution in [0.15, 0.2) is 21.9 Å². The molecule has 1 aliphatic heterocycles. The lowest BCUT2D eigenvalue weighted by molar-refractivity contribution is -0.167. The Bertz CT molecular complexity index is 1210. The van der Waals surface area contributed by atoms with Crippen molar-refractivity contribution in [1.82, 2.24) is 9.55 Å². The summed E-state index contributed by atoms with van der Waals surface area (Å²) in [6, 6.07) is 2.03. The SMILES string of the molecule is N#C[C@@]1(n2ccc(=O)[nH]c2=O)O[C@](CF)(COP(=O)(O)OP(=O)(O)OP(=O)(O)O)[C@@H](O)[C@H]1O. The number of phosphoric acid groups is 3. The van der Waals surface area contributed by atoms with Crippen LogP contribution < -0.4 is 11.2 Å². The molecule has 0 spiro atoms. The minimum Gasteiger partial charge on any atom is -0.387 e. The van der Waals surface area contributed by atoms with E-state index in [0.717, 1.165) is 0 Å². The summed E-state index contributed by atoms with van der Waals surface area (Å²) in [5.74, 6) is 0. The van der Waals surface area contributed by atoms with Gasteiger partial charge in [-0.25, -0.2) is 22.9 Å².